The molecule has 1 aromatic rings. The highest BCUT2D eigenvalue weighted by Crippen LogP contribution is 2.24. The molecule has 0 bridgehead atoms. The Labute approximate surface area is 133 Å². The number of hydrogen-bond donors (Lipinski definition) is 1. The lowest BCUT2D eigenvalue weighted by Crippen LogP contribution is -2.37. The van der Waals surface area contributed by atoms with E-state index >= 15 is 0 Å². The number of nitrogens with two attached hydrogens (primary N) is 1. The molecule has 0 aliphatic carbocycles. The summed E-state index contributed by atoms with van der Waals surface area (Å²) in [5.74, 6) is 2.59. The highest BCUT2D eigenvalue weighted by molar-refractivity contribution is 7.80. The molecule has 1 saturated heterocycles. The van der Waals surface area contributed by atoms with E-state index in [1.807, 2.05) is 24.3 Å². The van der Waals surface area contributed by atoms with Gasteiger partial charge in [0, 0.05) is 12.1 Å². The Kier molecular flexibility index (Phi) is 6.00. The van der Waals surface area contributed by atoms with E-state index in [9.17, 15) is 0 Å². The Morgan fingerprint density at radius 3 is 2.43 bits per heavy atom. The normalized spacial score (nSPS) is 17.1. The molecular formula is C17H26N2OS. The lowest BCUT2D eigenvalue weighted by Gasteiger charge is -2.33. The van der Waals surface area contributed by atoms with Crippen LogP contribution in [0.3, 0.4) is 0 Å². The molecule has 0 amide bonds. The third kappa shape index (κ3) is 4.97. The fourth-order valence-corrected chi connectivity index (χ4v) is 2.99. The van der Waals surface area contributed by atoms with Crippen LogP contribution in [0.5, 0.6) is 5.75 Å². The van der Waals surface area contributed by atoms with Crippen LogP contribution in [-0.2, 0) is 0 Å². The van der Waals surface area contributed by atoms with Gasteiger partial charge in [-0.2, -0.15) is 0 Å². The van der Waals surface area contributed by atoms with Crippen LogP contribution < -0.4 is 10.5 Å². The first-order valence-electron chi connectivity index (χ1n) is 7.81. The predicted octanol–water partition coefficient (Wildman–Crippen LogP) is 3.07. The zero-order valence-corrected chi connectivity index (χ0v) is 13.9. The Morgan fingerprint density at radius 2 is 1.90 bits per heavy atom. The molecular weight excluding hydrogens is 280 g/mol. The first kappa shape index (κ1) is 16.2. The lowest BCUT2D eigenvalue weighted by atomic mass is 9.87. The van der Waals surface area contributed by atoms with Gasteiger partial charge in [-0.05, 0) is 62.0 Å². The Bertz CT molecular complexity index is 450. The molecule has 1 fully saturated rings. The highest BCUT2D eigenvalue weighted by atomic mass is 32.1. The quantitative estimate of drug-likeness (QED) is 0.820. The van der Waals surface area contributed by atoms with Crippen molar-refractivity contribution in [2.24, 2.45) is 17.6 Å². The van der Waals surface area contributed by atoms with Gasteiger partial charge in [0.05, 0.1) is 0 Å². The van der Waals surface area contributed by atoms with Crippen molar-refractivity contribution in [3.63, 3.8) is 0 Å². The molecule has 0 aromatic heterocycles. The average molecular weight is 306 g/mol. The van der Waals surface area contributed by atoms with Gasteiger partial charge in [-0.25, -0.2) is 0 Å². The first-order valence-corrected chi connectivity index (χ1v) is 8.22. The topological polar surface area (TPSA) is 38.5 Å². The van der Waals surface area contributed by atoms with Crippen molar-refractivity contribution in [2.45, 2.75) is 26.7 Å². The van der Waals surface area contributed by atoms with Crippen LogP contribution >= 0.6 is 12.2 Å². The number of thiocarbonyl (C=S) groups is 1. The van der Waals surface area contributed by atoms with Gasteiger partial charge in [0.25, 0.3) is 0 Å². The number of ether oxygens (including phenoxy) is 1. The second-order valence-corrected chi connectivity index (χ2v) is 6.60. The summed E-state index contributed by atoms with van der Waals surface area (Å²) in [5.41, 5.74) is 6.46. The summed E-state index contributed by atoms with van der Waals surface area (Å²) < 4.78 is 5.79. The van der Waals surface area contributed by atoms with Crippen LogP contribution in [0.15, 0.2) is 24.3 Å². The molecule has 116 valence electrons. The molecule has 0 atom stereocenters. The van der Waals surface area contributed by atoms with Gasteiger partial charge in [-0.1, -0.05) is 26.1 Å². The van der Waals surface area contributed by atoms with E-state index < -0.39 is 0 Å². The second-order valence-electron chi connectivity index (χ2n) is 6.16. The van der Waals surface area contributed by atoms with Crippen molar-refractivity contribution in [2.75, 3.05) is 26.2 Å². The van der Waals surface area contributed by atoms with Gasteiger partial charge in [0.15, 0.2) is 0 Å². The summed E-state index contributed by atoms with van der Waals surface area (Å²) in [4.78, 5) is 2.93. The van der Waals surface area contributed by atoms with E-state index in [1.165, 1.54) is 25.9 Å². The standard InChI is InChI=1S/C17H26N2OS/c1-13(2)14-7-9-19(10-8-14)11-12-20-16-5-3-15(4-6-16)17(18)21/h3-6,13-14H,7-12H2,1-2H3,(H2,18,21). The molecule has 3 nitrogen and oxygen atoms in total. The van der Waals surface area contributed by atoms with Gasteiger partial charge >= 0.3 is 0 Å². The fourth-order valence-electron chi connectivity index (χ4n) is 2.85. The van der Waals surface area contributed by atoms with Crippen molar-refractivity contribution in [1.29, 1.82) is 0 Å². The number of piperidine rings is 1. The van der Waals surface area contributed by atoms with Gasteiger partial charge in [-0.15, -0.1) is 0 Å². The minimum atomic E-state index is 0.426. The number of hydrogen-bond acceptors (Lipinski definition) is 3. The van der Waals surface area contributed by atoms with Crippen LogP contribution in [0, 0.1) is 11.8 Å². The summed E-state index contributed by atoms with van der Waals surface area (Å²) in [7, 11) is 0. The summed E-state index contributed by atoms with van der Waals surface area (Å²) in [6, 6.07) is 7.68. The molecule has 2 rings (SSSR count). The number of rotatable bonds is 6. The smallest absolute Gasteiger partial charge is 0.119 e. The van der Waals surface area contributed by atoms with Crippen LogP contribution in [0.1, 0.15) is 32.3 Å². The highest BCUT2D eigenvalue weighted by Gasteiger charge is 2.21. The van der Waals surface area contributed by atoms with E-state index in [0.717, 1.165) is 36.3 Å². The van der Waals surface area contributed by atoms with Gasteiger partial charge in [0.1, 0.15) is 17.3 Å². The molecule has 1 aromatic carbocycles. The average Bonchev–Trinajstić information content (AvgIpc) is 2.48. The number of nitrogens with zero attached hydrogens (tertiary/aromatic N) is 1. The van der Waals surface area contributed by atoms with Crippen LogP contribution in [0.2, 0.25) is 0 Å². The maximum atomic E-state index is 5.79. The lowest BCUT2D eigenvalue weighted by molar-refractivity contribution is 0.137. The summed E-state index contributed by atoms with van der Waals surface area (Å²) >= 11 is 4.94. The maximum absolute atomic E-state index is 5.79. The third-order valence-electron chi connectivity index (χ3n) is 4.39. The van der Waals surface area contributed by atoms with Crippen molar-refractivity contribution < 1.29 is 4.74 Å². The molecule has 0 radical (unpaired) electrons. The summed E-state index contributed by atoms with van der Waals surface area (Å²) in [6.45, 7) is 8.81. The van der Waals surface area contributed by atoms with E-state index in [4.69, 9.17) is 22.7 Å². The van der Waals surface area contributed by atoms with Crippen LogP contribution in [-0.4, -0.2) is 36.1 Å². The van der Waals surface area contributed by atoms with E-state index in [-0.39, 0.29) is 0 Å². The minimum Gasteiger partial charge on any atom is -0.492 e. The van der Waals surface area contributed by atoms with E-state index in [0.29, 0.717) is 4.99 Å². The fraction of sp³-hybridized carbons (Fsp3) is 0.588. The SMILES string of the molecule is CC(C)C1CCN(CCOc2ccc(C(N)=S)cc2)CC1. The molecule has 1 aliphatic rings. The van der Waals surface area contributed by atoms with Crippen molar-refractivity contribution in [1.82, 2.24) is 4.90 Å². The van der Waals surface area contributed by atoms with Crippen molar-refractivity contribution in [3.8, 4) is 5.75 Å². The molecule has 2 N–H and O–H groups in total. The summed E-state index contributed by atoms with van der Waals surface area (Å²) in [5, 5.41) is 0. The molecule has 4 heteroatoms. The van der Waals surface area contributed by atoms with E-state index in [1.54, 1.807) is 0 Å². The van der Waals surface area contributed by atoms with Crippen LogP contribution in [0.25, 0.3) is 0 Å². The molecule has 0 spiro atoms. The Hall–Kier alpha value is -1.13. The third-order valence-corrected chi connectivity index (χ3v) is 4.63. The Balaban J connectivity index is 1.69. The number of likely N-dealkylation sites (tertiary alicyclic amines) is 1. The van der Waals surface area contributed by atoms with Crippen molar-refractivity contribution >= 4 is 17.2 Å². The number of benzene rings is 1. The van der Waals surface area contributed by atoms with Crippen molar-refractivity contribution in [3.05, 3.63) is 29.8 Å². The zero-order chi connectivity index (χ0) is 15.2. The zero-order valence-electron chi connectivity index (χ0n) is 13.0. The molecule has 1 heterocycles. The molecule has 21 heavy (non-hydrogen) atoms. The molecule has 0 saturated carbocycles. The van der Waals surface area contributed by atoms with Gasteiger partial charge < -0.3 is 10.5 Å². The Morgan fingerprint density at radius 1 is 1.29 bits per heavy atom. The summed E-state index contributed by atoms with van der Waals surface area (Å²) in [6.07, 6.45) is 2.64. The maximum Gasteiger partial charge on any atom is 0.119 e. The molecule has 0 unspecified atom stereocenters. The second kappa shape index (κ2) is 7.76. The predicted molar refractivity (Wildman–Crippen MR) is 91.8 cm³/mol. The molecule has 1 aliphatic heterocycles. The van der Waals surface area contributed by atoms with Crippen LogP contribution in [0.4, 0.5) is 0 Å². The largest absolute Gasteiger partial charge is 0.492 e. The first-order chi connectivity index (χ1) is 10.1. The van der Waals surface area contributed by atoms with E-state index in [2.05, 4.69) is 18.7 Å². The monoisotopic (exact) mass is 306 g/mol. The van der Waals surface area contributed by atoms with Gasteiger partial charge in [-0.3, -0.25) is 4.90 Å². The minimum absolute atomic E-state index is 0.426. The van der Waals surface area contributed by atoms with Gasteiger partial charge in [0.2, 0.25) is 0 Å².